The molecule has 1 atom stereocenters. The van der Waals surface area contributed by atoms with E-state index in [1.54, 1.807) is 31.5 Å². The van der Waals surface area contributed by atoms with Crippen LogP contribution < -0.4 is 4.72 Å². The second-order valence-corrected chi connectivity index (χ2v) is 6.15. The Hall–Kier alpha value is -2.19. The van der Waals surface area contributed by atoms with Crippen molar-refractivity contribution in [2.45, 2.75) is 24.8 Å². The molecule has 0 aliphatic rings. The fourth-order valence-corrected chi connectivity index (χ4v) is 3.24. The Morgan fingerprint density at radius 3 is 2.71 bits per heavy atom. The lowest BCUT2D eigenvalue weighted by Crippen LogP contribution is -2.27. The van der Waals surface area contributed by atoms with Crippen LogP contribution in [0.4, 0.5) is 0 Å². The zero-order valence-corrected chi connectivity index (χ0v) is 12.2. The zero-order chi connectivity index (χ0) is 15.6. The molecule has 7 nitrogen and oxygen atoms in total. The third kappa shape index (κ3) is 3.29. The van der Waals surface area contributed by atoms with Crippen LogP contribution >= 0.6 is 0 Å². The fourth-order valence-electron chi connectivity index (χ4n) is 1.83. The smallest absolute Gasteiger partial charge is 0.371 e. The maximum atomic E-state index is 12.3. The molecule has 0 saturated heterocycles. The highest BCUT2D eigenvalue weighted by atomic mass is 32.2. The van der Waals surface area contributed by atoms with Gasteiger partial charge < -0.3 is 9.52 Å². The summed E-state index contributed by atoms with van der Waals surface area (Å²) in [7, 11) is -3.89. The number of aromatic nitrogens is 1. The summed E-state index contributed by atoms with van der Waals surface area (Å²) in [4.78, 5) is 14.6. The summed E-state index contributed by atoms with van der Waals surface area (Å²) < 4.78 is 32.0. The number of rotatable bonds is 5. The van der Waals surface area contributed by atoms with Gasteiger partial charge in [0.25, 0.3) is 0 Å². The van der Waals surface area contributed by atoms with Crippen molar-refractivity contribution < 1.29 is 22.7 Å². The summed E-state index contributed by atoms with van der Waals surface area (Å²) in [6.45, 7) is 3.07. The molecule has 0 spiro atoms. The minimum absolute atomic E-state index is 0.0262. The van der Waals surface area contributed by atoms with Gasteiger partial charge in [-0.05, 0) is 25.5 Å². The average Bonchev–Trinajstić information content (AvgIpc) is 2.82. The van der Waals surface area contributed by atoms with Gasteiger partial charge in [0.05, 0.1) is 0 Å². The summed E-state index contributed by atoms with van der Waals surface area (Å²) in [6.07, 6.45) is 3.14. The number of aromatic carboxylic acids is 1. The molecule has 0 aromatic carbocycles. The minimum Gasteiger partial charge on any atom is -0.475 e. The number of hydrogen-bond donors (Lipinski definition) is 2. The van der Waals surface area contributed by atoms with Crippen molar-refractivity contribution in [2.24, 2.45) is 0 Å². The van der Waals surface area contributed by atoms with Crippen LogP contribution in [0.25, 0.3) is 0 Å². The molecule has 0 bridgehead atoms. The minimum atomic E-state index is -3.89. The van der Waals surface area contributed by atoms with E-state index in [0.29, 0.717) is 5.56 Å². The van der Waals surface area contributed by atoms with Crippen LogP contribution in [-0.4, -0.2) is 24.5 Å². The van der Waals surface area contributed by atoms with Gasteiger partial charge in [0, 0.05) is 24.5 Å². The van der Waals surface area contributed by atoms with Gasteiger partial charge in [0.2, 0.25) is 15.8 Å². The monoisotopic (exact) mass is 310 g/mol. The van der Waals surface area contributed by atoms with Crippen molar-refractivity contribution in [3.8, 4) is 0 Å². The lowest BCUT2D eigenvalue weighted by atomic mass is 10.2. The van der Waals surface area contributed by atoms with Gasteiger partial charge in [-0.15, -0.1) is 0 Å². The summed E-state index contributed by atoms with van der Waals surface area (Å²) in [5, 5.41) is 8.83. The molecule has 2 N–H and O–H groups in total. The summed E-state index contributed by atoms with van der Waals surface area (Å²) in [6, 6.07) is 3.93. The SMILES string of the molecule is Cc1oc(C(=O)O)cc1S(=O)(=O)N[C@H](C)c1cccnc1. The third-order valence-corrected chi connectivity index (χ3v) is 4.54. The highest BCUT2D eigenvalue weighted by molar-refractivity contribution is 7.89. The van der Waals surface area contributed by atoms with Crippen molar-refractivity contribution in [1.82, 2.24) is 9.71 Å². The second kappa shape index (κ2) is 5.66. The van der Waals surface area contributed by atoms with Crippen LogP contribution in [0, 0.1) is 6.92 Å². The quantitative estimate of drug-likeness (QED) is 0.870. The largest absolute Gasteiger partial charge is 0.475 e. The Morgan fingerprint density at radius 2 is 2.19 bits per heavy atom. The van der Waals surface area contributed by atoms with Crippen molar-refractivity contribution in [2.75, 3.05) is 0 Å². The van der Waals surface area contributed by atoms with Gasteiger partial charge in [-0.25, -0.2) is 17.9 Å². The summed E-state index contributed by atoms with van der Waals surface area (Å²) >= 11 is 0. The molecule has 112 valence electrons. The molecule has 0 fully saturated rings. The van der Waals surface area contributed by atoms with E-state index in [-0.39, 0.29) is 10.7 Å². The molecule has 0 saturated carbocycles. The van der Waals surface area contributed by atoms with Gasteiger partial charge >= 0.3 is 5.97 Å². The zero-order valence-electron chi connectivity index (χ0n) is 11.4. The molecule has 0 radical (unpaired) electrons. The summed E-state index contributed by atoms with van der Waals surface area (Å²) in [5.74, 6) is -1.71. The van der Waals surface area contributed by atoms with E-state index in [1.807, 2.05) is 0 Å². The van der Waals surface area contributed by atoms with Crippen LogP contribution in [0.2, 0.25) is 0 Å². The topological polar surface area (TPSA) is 109 Å². The van der Waals surface area contributed by atoms with Crippen LogP contribution in [0.1, 0.15) is 34.8 Å². The van der Waals surface area contributed by atoms with Crippen LogP contribution in [0.5, 0.6) is 0 Å². The lowest BCUT2D eigenvalue weighted by Gasteiger charge is -2.13. The van der Waals surface area contributed by atoms with E-state index < -0.39 is 27.8 Å². The van der Waals surface area contributed by atoms with Gasteiger partial charge in [-0.2, -0.15) is 0 Å². The molecule has 2 aromatic rings. The standard InChI is InChI=1S/C13H14N2O5S/c1-8(10-4-3-5-14-7-10)15-21(18,19)12-6-11(13(16)17)20-9(12)2/h3-8,15H,1-2H3,(H,16,17)/t8-/m1/s1. The molecular weight excluding hydrogens is 296 g/mol. The van der Waals surface area contributed by atoms with Crippen LogP contribution in [-0.2, 0) is 10.0 Å². The molecule has 0 aliphatic carbocycles. The first-order valence-corrected chi connectivity index (χ1v) is 7.55. The number of pyridine rings is 1. The Bertz CT molecular complexity index is 752. The fraction of sp³-hybridized carbons (Fsp3) is 0.231. The molecule has 21 heavy (non-hydrogen) atoms. The number of nitrogens with zero attached hydrogens (tertiary/aromatic N) is 1. The number of nitrogens with one attached hydrogen (secondary N) is 1. The first kappa shape index (κ1) is 15.2. The maximum Gasteiger partial charge on any atom is 0.371 e. The Balaban J connectivity index is 2.29. The molecule has 2 heterocycles. The van der Waals surface area contributed by atoms with Crippen molar-refractivity contribution in [3.05, 3.63) is 47.7 Å². The summed E-state index contributed by atoms with van der Waals surface area (Å²) in [5.41, 5.74) is 0.695. The Kier molecular flexibility index (Phi) is 4.10. The molecule has 0 amide bonds. The van der Waals surface area contributed by atoms with Crippen molar-refractivity contribution in [1.29, 1.82) is 0 Å². The van der Waals surface area contributed by atoms with Gasteiger partial charge in [-0.3, -0.25) is 4.98 Å². The van der Waals surface area contributed by atoms with Gasteiger partial charge in [0.15, 0.2) is 0 Å². The number of carbonyl (C=O) groups is 1. The molecule has 0 unspecified atom stereocenters. The molecular formula is C13H14N2O5S. The van der Waals surface area contributed by atoms with E-state index in [2.05, 4.69) is 9.71 Å². The van der Waals surface area contributed by atoms with Crippen LogP contribution in [0.15, 0.2) is 39.9 Å². The average molecular weight is 310 g/mol. The predicted octanol–water partition coefficient (Wildman–Crippen LogP) is 1.72. The van der Waals surface area contributed by atoms with E-state index in [4.69, 9.17) is 9.52 Å². The number of carboxylic acid groups (broad SMARTS) is 1. The van der Waals surface area contributed by atoms with Crippen molar-refractivity contribution in [3.63, 3.8) is 0 Å². The highest BCUT2D eigenvalue weighted by Gasteiger charge is 2.25. The third-order valence-electron chi connectivity index (χ3n) is 2.89. The number of aryl methyl sites for hydroxylation is 1. The van der Waals surface area contributed by atoms with Gasteiger partial charge in [-0.1, -0.05) is 6.07 Å². The van der Waals surface area contributed by atoms with Gasteiger partial charge in [0.1, 0.15) is 10.7 Å². The first-order chi connectivity index (χ1) is 9.81. The van der Waals surface area contributed by atoms with E-state index in [0.717, 1.165) is 6.07 Å². The molecule has 8 heteroatoms. The van der Waals surface area contributed by atoms with E-state index >= 15 is 0 Å². The second-order valence-electron chi connectivity index (χ2n) is 4.47. The van der Waals surface area contributed by atoms with Crippen LogP contribution in [0.3, 0.4) is 0 Å². The normalized spacial score (nSPS) is 13.0. The Labute approximate surface area is 121 Å². The van der Waals surface area contributed by atoms with Crippen molar-refractivity contribution >= 4 is 16.0 Å². The predicted molar refractivity (Wildman–Crippen MR) is 73.4 cm³/mol. The molecule has 2 aromatic heterocycles. The first-order valence-electron chi connectivity index (χ1n) is 6.07. The number of furan rings is 1. The highest BCUT2D eigenvalue weighted by Crippen LogP contribution is 2.22. The number of sulfonamides is 1. The Morgan fingerprint density at radius 1 is 1.48 bits per heavy atom. The number of hydrogen-bond acceptors (Lipinski definition) is 5. The van der Waals surface area contributed by atoms with E-state index in [1.165, 1.54) is 6.92 Å². The maximum absolute atomic E-state index is 12.3. The lowest BCUT2D eigenvalue weighted by molar-refractivity contribution is 0.0661. The van der Waals surface area contributed by atoms with E-state index in [9.17, 15) is 13.2 Å². The molecule has 2 rings (SSSR count). The number of carboxylic acids is 1. The molecule has 0 aliphatic heterocycles.